The molecule has 4 aromatic rings. The Hall–Kier alpha value is -4.46. The van der Waals surface area contributed by atoms with E-state index in [1.165, 1.54) is 12.1 Å². The predicted molar refractivity (Wildman–Crippen MR) is 131 cm³/mol. The first-order valence-corrected chi connectivity index (χ1v) is 11.3. The number of halogens is 1. The summed E-state index contributed by atoms with van der Waals surface area (Å²) >= 11 is 0. The Morgan fingerprint density at radius 1 is 0.914 bits per heavy atom. The van der Waals surface area contributed by atoms with Crippen LogP contribution in [0.3, 0.4) is 0 Å². The Morgan fingerprint density at radius 3 is 2.49 bits per heavy atom. The van der Waals surface area contributed by atoms with Crippen molar-refractivity contribution in [2.45, 2.75) is 19.3 Å². The highest BCUT2D eigenvalue weighted by Gasteiger charge is 2.27. The zero-order valence-corrected chi connectivity index (χ0v) is 18.8. The summed E-state index contributed by atoms with van der Waals surface area (Å²) in [4.78, 5) is 25.2. The van der Waals surface area contributed by atoms with Crippen LogP contribution < -0.4 is 15.4 Å². The lowest BCUT2D eigenvalue weighted by molar-refractivity contribution is -0.118. The number of benzene rings is 3. The number of ether oxygens (including phenoxy) is 1. The molecule has 1 heterocycles. The first-order chi connectivity index (χ1) is 17.1. The van der Waals surface area contributed by atoms with Gasteiger partial charge in [-0.2, -0.15) is 5.10 Å². The standard InChI is InChI=1S/C27H23FN4O3/c28-18-12-14-21(15-13-18)32-24-11-5-10-23(24)26(31-32)27(34)30-20-8-4-9-22(16-20)35-17-25(33)29-19-6-2-1-3-7-19/h1-4,6-9,12-16H,5,10-11,17H2,(H,29,33)(H,30,34). The van der Waals surface area contributed by atoms with E-state index in [1.807, 2.05) is 18.2 Å². The zero-order chi connectivity index (χ0) is 24.2. The van der Waals surface area contributed by atoms with Crippen LogP contribution in [-0.4, -0.2) is 28.2 Å². The van der Waals surface area contributed by atoms with Crippen molar-refractivity contribution in [2.75, 3.05) is 17.2 Å². The maximum Gasteiger partial charge on any atom is 0.276 e. The fourth-order valence-corrected chi connectivity index (χ4v) is 4.14. The van der Waals surface area contributed by atoms with Crippen molar-refractivity contribution in [1.82, 2.24) is 9.78 Å². The van der Waals surface area contributed by atoms with Gasteiger partial charge in [-0.05, 0) is 67.8 Å². The molecule has 0 unspecified atom stereocenters. The van der Waals surface area contributed by atoms with E-state index in [1.54, 1.807) is 53.2 Å². The zero-order valence-electron chi connectivity index (χ0n) is 18.8. The molecule has 1 aromatic heterocycles. The van der Waals surface area contributed by atoms with Crippen molar-refractivity contribution in [3.05, 3.63) is 102 Å². The average molecular weight is 471 g/mol. The second-order valence-corrected chi connectivity index (χ2v) is 8.20. The van der Waals surface area contributed by atoms with Crippen molar-refractivity contribution in [1.29, 1.82) is 0 Å². The highest BCUT2D eigenvalue weighted by Crippen LogP contribution is 2.29. The van der Waals surface area contributed by atoms with E-state index < -0.39 is 0 Å². The van der Waals surface area contributed by atoms with Crippen LogP contribution in [0.15, 0.2) is 78.9 Å². The average Bonchev–Trinajstić information content (AvgIpc) is 3.47. The molecule has 3 aromatic carbocycles. The van der Waals surface area contributed by atoms with Crippen LogP contribution in [0.2, 0.25) is 0 Å². The molecule has 0 radical (unpaired) electrons. The fourth-order valence-electron chi connectivity index (χ4n) is 4.14. The largest absolute Gasteiger partial charge is 0.484 e. The number of fused-ring (bicyclic) bond motifs is 1. The highest BCUT2D eigenvalue weighted by molar-refractivity contribution is 6.04. The number of carbonyl (C=O) groups excluding carboxylic acids is 2. The summed E-state index contributed by atoms with van der Waals surface area (Å²) < 4.78 is 20.7. The number of aromatic nitrogens is 2. The van der Waals surface area contributed by atoms with Crippen LogP contribution >= 0.6 is 0 Å². The van der Waals surface area contributed by atoms with E-state index >= 15 is 0 Å². The monoisotopic (exact) mass is 470 g/mol. The normalized spacial score (nSPS) is 12.1. The van der Waals surface area contributed by atoms with E-state index in [0.717, 1.165) is 30.5 Å². The van der Waals surface area contributed by atoms with Gasteiger partial charge >= 0.3 is 0 Å². The van der Waals surface area contributed by atoms with Crippen LogP contribution in [0, 0.1) is 5.82 Å². The molecule has 0 spiro atoms. The van der Waals surface area contributed by atoms with Crippen molar-refractivity contribution < 1.29 is 18.7 Å². The van der Waals surface area contributed by atoms with E-state index in [9.17, 15) is 14.0 Å². The molecule has 35 heavy (non-hydrogen) atoms. The topological polar surface area (TPSA) is 85.2 Å². The highest BCUT2D eigenvalue weighted by atomic mass is 19.1. The molecule has 1 aliphatic rings. The molecular weight excluding hydrogens is 447 g/mol. The van der Waals surface area contributed by atoms with Crippen LogP contribution in [0.5, 0.6) is 5.75 Å². The molecule has 8 heteroatoms. The lowest BCUT2D eigenvalue weighted by atomic mass is 10.2. The molecular formula is C27H23FN4O3. The second-order valence-electron chi connectivity index (χ2n) is 8.20. The van der Waals surface area contributed by atoms with Gasteiger partial charge in [0.2, 0.25) is 0 Å². The number of amides is 2. The number of para-hydroxylation sites is 1. The van der Waals surface area contributed by atoms with Gasteiger partial charge in [-0.15, -0.1) is 0 Å². The molecule has 1 aliphatic carbocycles. The third-order valence-corrected chi connectivity index (χ3v) is 5.74. The smallest absolute Gasteiger partial charge is 0.276 e. The number of anilines is 2. The number of hydrogen-bond acceptors (Lipinski definition) is 4. The summed E-state index contributed by atoms with van der Waals surface area (Å²) in [5.41, 5.74) is 4.18. The lowest BCUT2D eigenvalue weighted by Gasteiger charge is -2.10. The van der Waals surface area contributed by atoms with Crippen LogP contribution in [0.1, 0.15) is 28.2 Å². The van der Waals surface area contributed by atoms with E-state index in [-0.39, 0.29) is 24.2 Å². The number of carbonyl (C=O) groups is 2. The summed E-state index contributed by atoms with van der Waals surface area (Å²) in [6, 6.07) is 22.0. The Kier molecular flexibility index (Phi) is 6.26. The van der Waals surface area contributed by atoms with Gasteiger partial charge in [0.15, 0.2) is 12.3 Å². The Labute approximate surface area is 201 Å². The molecule has 2 N–H and O–H groups in total. The Bertz CT molecular complexity index is 1370. The summed E-state index contributed by atoms with van der Waals surface area (Å²) in [6.07, 6.45) is 2.50. The van der Waals surface area contributed by atoms with Crippen molar-refractivity contribution in [3.63, 3.8) is 0 Å². The van der Waals surface area contributed by atoms with Crippen molar-refractivity contribution in [3.8, 4) is 11.4 Å². The minimum absolute atomic E-state index is 0.165. The molecule has 0 aliphatic heterocycles. The minimum Gasteiger partial charge on any atom is -0.484 e. The number of nitrogens with one attached hydrogen (secondary N) is 2. The summed E-state index contributed by atoms with van der Waals surface area (Å²) in [5.74, 6) is -0.487. The third-order valence-electron chi connectivity index (χ3n) is 5.74. The molecule has 0 bridgehead atoms. The SMILES string of the molecule is O=C(COc1cccc(NC(=O)c2nn(-c3ccc(F)cc3)c3c2CCC3)c1)Nc1ccccc1. The van der Waals surface area contributed by atoms with E-state index in [2.05, 4.69) is 15.7 Å². The first kappa shape index (κ1) is 22.3. The summed E-state index contributed by atoms with van der Waals surface area (Å²) in [6.45, 7) is -0.165. The van der Waals surface area contributed by atoms with Crippen molar-refractivity contribution in [2.24, 2.45) is 0 Å². The predicted octanol–water partition coefficient (Wildman–Crippen LogP) is 4.77. The molecule has 0 saturated carbocycles. The quantitative estimate of drug-likeness (QED) is 0.408. The maximum absolute atomic E-state index is 13.4. The van der Waals surface area contributed by atoms with Crippen LogP contribution in [-0.2, 0) is 17.6 Å². The molecule has 0 saturated heterocycles. The third kappa shape index (κ3) is 5.06. The molecule has 0 fully saturated rings. The molecule has 0 atom stereocenters. The van der Waals surface area contributed by atoms with Gasteiger partial charge in [0.05, 0.1) is 5.69 Å². The second kappa shape index (κ2) is 9.80. The van der Waals surface area contributed by atoms with Crippen LogP contribution in [0.25, 0.3) is 5.69 Å². The maximum atomic E-state index is 13.4. The van der Waals surface area contributed by atoms with Crippen LogP contribution in [0.4, 0.5) is 15.8 Å². The van der Waals surface area contributed by atoms with Gasteiger partial charge < -0.3 is 15.4 Å². The minimum atomic E-state index is -0.331. The fraction of sp³-hybridized carbons (Fsp3) is 0.148. The van der Waals surface area contributed by atoms with E-state index in [4.69, 9.17) is 4.74 Å². The van der Waals surface area contributed by atoms with Gasteiger partial charge in [0.25, 0.3) is 11.8 Å². The first-order valence-electron chi connectivity index (χ1n) is 11.3. The molecule has 7 nitrogen and oxygen atoms in total. The number of hydrogen-bond donors (Lipinski definition) is 2. The molecule has 176 valence electrons. The van der Waals surface area contributed by atoms with E-state index in [0.29, 0.717) is 28.5 Å². The van der Waals surface area contributed by atoms with Gasteiger partial charge in [-0.1, -0.05) is 24.3 Å². The van der Waals surface area contributed by atoms with Crippen molar-refractivity contribution >= 4 is 23.2 Å². The summed E-state index contributed by atoms with van der Waals surface area (Å²) in [5, 5.41) is 10.2. The number of rotatable bonds is 7. The van der Waals surface area contributed by atoms with Gasteiger partial charge in [0, 0.05) is 28.7 Å². The van der Waals surface area contributed by atoms with Gasteiger partial charge in [0.1, 0.15) is 11.6 Å². The number of nitrogens with zero attached hydrogens (tertiary/aromatic N) is 2. The molecule has 5 rings (SSSR count). The lowest BCUT2D eigenvalue weighted by Crippen LogP contribution is -2.20. The van der Waals surface area contributed by atoms with Gasteiger partial charge in [-0.3, -0.25) is 9.59 Å². The van der Waals surface area contributed by atoms with Gasteiger partial charge in [-0.25, -0.2) is 9.07 Å². The Balaban J connectivity index is 1.27. The molecule has 2 amide bonds. The summed E-state index contributed by atoms with van der Waals surface area (Å²) in [7, 11) is 0. The Morgan fingerprint density at radius 2 is 1.69 bits per heavy atom.